The van der Waals surface area contributed by atoms with Gasteiger partial charge >= 0.3 is 0 Å². The molecule has 4 nitrogen and oxygen atoms in total. The second kappa shape index (κ2) is 12.1. The molecule has 15 rings (SSSR count). The minimum atomic E-state index is 0.178. The first-order valence-corrected chi connectivity index (χ1v) is 21.9. The van der Waals surface area contributed by atoms with E-state index in [0.717, 1.165) is 62.8 Å². The van der Waals surface area contributed by atoms with Gasteiger partial charge in [0.25, 0.3) is 0 Å². The molecule has 0 atom stereocenters. The molecule has 10 aromatic rings. The molecule has 5 aliphatic rings. The second-order valence-corrected chi connectivity index (χ2v) is 18.3. The zero-order valence-electron chi connectivity index (χ0n) is 33.3. The highest BCUT2D eigenvalue weighted by atomic mass is 15.2. The smallest absolute Gasteiger partial charge is 0.220 e. The van der Waals surface area contributed by atoms with Crippen molar-refractivity contribution in [3.8, 4) is 45.0 Å². The fourth-order valence-corrected chi connectivity index (χ4v) is 13.2. The van der Waals surface area contributed by atoms with Gasteiger partial charge < -0.3 is 0 Å². The molecular weight excluding hydrogens is 729 g/mol. The van der Waals surface area contributed by atoms with Gasteiger partial charge in [0.05, 0.1) is 22.1 Å². The van der Waals surface area contributed by atoms with E-state index in [2.05, 4.69) is 172 Å². The van der Waals surface area contributed by atoms with Crippen LogP contribution in [0.4, 0.5) is 0 Å². The van der Waals surface area contributed by atoms with Crippen molar-refractivity contribution in [3.63, 3.8) is 0 Å². The molecule has 4 fully saturated rings. The third kappa shape index (κ3) is 4.46. The molecule has 3 aromatic heterocycles. The van der Waals surface area contributed by atoms with Gasteiger partial charge in [0.15, 0.2) is 0 Å². The Labute approximate surface area is 348 Å². The Balaban J connectivity index is 0.981. The largest absolute Gasteiger partial charge is 0.279 e. The standard InChI is InChI=1S/C56H42N4/c1-2-9-36(10-3-1)37-11-8-12-44(28-37)59-53-16-7-6-15-51(53)58-55(59)60-52-20-18-39(30-47(52)48-31-40-21-22-57-33-41(40)32-54(48)60)38-17-19-50-46(29-38)45-13-4-5-14-49(45)56(50)42-24-34-23-35(26-42)27-43(56)25-34/h1-22,28-35,42-43H,23-27H2. The summed E-state index contributed by atoms with van der Waals surface area (Å²) >= 11 is 0. The molecule has 0 saturated heterocycles. The molecule has 60 heavy (non-hydrogen) atoms. The van der Waals surface area contributed by atoms with Gasteiger partial charge in [0.2, 0.25) is 5.95 Å². The van der Waals surface area contributed by atoms with Crippen LogP contribution in [0, 0.1) is 23.7 Å². The maximum Gasteiger partial charge on any atom is 0.220 e. The lowest BCUT2D eigenvalue weighted by Gasteiger charge is -2.61. The van der Waals surface area contributed by atoms with Crippen molar-refractivity contribution < 1.29 is 0 Å². The van der Waals surface area contributed by atoms with Gasteiger partial charge in [-0.05, 0) is 166 Å². The number of hydrogen-bond donors (Lipinski definition) is 0. The first kappa shape index (κ1) is 33.1. The average Bonchev–Trinajstić information content (AvgIpc) is 3.93. The summed E-state index contributed by atoms with van der Waals surface area (Å²) in [4.78, 5) is 9.98. The third-order valence-electron chi connectivity index (χ3n) is 15.4. The Hall–Kier alpha value is -6.78. The monoisotopic (exact) mass is 770 g/mol. The number of nitrogens with zero attached hydrogens (tertiary/aromatic N) is 4. The molecule has 4 saturated carbocycles. The van der Waals surface area contributed by atoms with E-state index in [1.165, 1.54) is 81.6 Å². The normalized spacial score (nSPS) is 22.4. The van der Waals surface area contributed by atoms with E-state index in [-0.39, 0.29) is 5.41 Å². The van der Waals surface area contributed by atoms with Crippen LogP contribution in [0.1, 0.15) is 43.2 Å². The lowest BCUT2D eigenvalue weighted by atomic mass is 9.43. The van der Waals surface area contributed by atoms with E-state index in [9.17, 15) is 0 Å². The summed E-state index contributed by atoms with van der Waals surface area (Å²) in [5, 5.41) is 4.72. The minimum absolute atomic E-state index is 0.178. The number of fused-ring (bicyclic) bond motifs is 8. The second-order valence-electron chi connectivity index (χ2n) is 18.3. The predicted octanol–water partition coefficient (Wildman–Crippen LogP) is 13.7. The zero-order chi connectivity index (χ0) is 39.1. The summed E-state index contributed by atoms with van der Waals surface area (Å²) in [6.07, 6.45) is 11.0. The van der Waals surface area contributed by atoms with Crippen molar-refractivity contribution in [1.82, 2.24) is 19.1 Å². The van der Waals surface area contributed by atoms with Crippen LogP contribution in [-0.4, -0.2) is 19.1 Å². The van der Waals surface area contributed by atoms with Crippen molar-refractivity contribution in [1.29, 1.82) is 0 Å². The Kier molecular flexibility index (Phi) is 6.70. The van der Waals surface area contributed by atoms with Crippen molar-refractivity contribution in [3.05, 3.63) is 181 Å². The van der Waals surface area contributed by atoms with E-state index in [1.807, 2.05) is 12.4 Å². The van der Waals surface area contributed by atoms with Gasteiger partial charge in [-0.15, -0.1) is 0 Å². The maximum absolute atomic E-state index is 5.44. The minimum Gasteiger partial charge on any atom is -0.279 e. The number of aromatic nitrogens is 4. The molecule has 0 N–H and O–H groups in total. The molecule has 1 spiro atoms. The van der Waals surface area contributed by atoms with E-state index < -0.39 is 0 Å². The molecule has 0 aliphatic heterocycles. The number of pyridine rings is 1. The average molecular weight is 771 g/mol. The summed E-state index contributed by atoms with van der Waals surface area (Å²) in [5.41, 5.74) is 16.6. The third-order valence-corrected chi connectivity index (χ3v) is 15.4. The van der Waals surface area contributed by atoms with Crippen molar-refractivity contribution >= 4 is 43.6 Å². The van der Waals surface area contributed by atoms with E-state index in [1.54, 1.807) is 11.1 Å². The molecular formula is C56H42N4. The van der Waals surface area contributed by atoms with Gasteiger partial charge in [-0.25, -0.2) is 4.98 Å². The number of benzene rings is 7. The summed E-state index contributed by atoms with van der Waals surface area (Å²) in [6, 6.07) is 58.9. The quantitative estimate of drug-likeness (QED) is 0.179. The topological polar surface area (TPSA) is 35.6 Å². The summed E-state index contributed by atoms with van der Waals surface area (Å²) < 4.78 is 4.71. The molecule has 0 unspecified atom stereocenters. The lowest BCUT2D eigenvalue weighted by molar-refractivity contribution is -0.0399. The SMILES string of the molecule is c1ccc(-c2cccc(-n3c(-n4c5ccc(-c6ccc7c(c6)-c6ccccc6C76C7CC8CC(C7)CC6C8)cc5c5cc6ccncc6cc54)nc4ccccc43)c2)cc1. The number of para-hydroxylation sites is 2. The molecule has 7 aromatic carbocycles. The summed E-state index contributed by atoms with van der Waals surface area (Å²) in [5.74, 6) is 4.27. The van der Waals surface area contributed by atoms with Gasteiger partial charge in [-0.2, -0.15) is 0 Å². The highest BCUT2D eigenvalue weighted by molar-refractivity contribution is 6.14. The number of imidazole rings is 1. The van der Waals surface area contributed by atoms with Crippen molar-refractivity contribution in [2.75, 3.05) is 0 Å². The molecule has 286 valence electrons. The fourth-order valence-electron chi connectivity index (χ4n) is 13.2. The van der Waals surface area contributed by atoms with Crippen LogP contribution >= 0.6 is 0 Å². The van der Waals surface area contributed by atoms with Crippen LogP contribution in [0.3, 0.4) is 0 Å². The predicted molar refractivity (Wildman–Crippen MR) is 245 cm³/mol. The first-order chi connectivity index (χ1) is 29.7. The summed E-state index contributed by atoms with van der Waals surface area (Å²) in [7, 11) is 0. The molecule has 5 aliphatic carbocycles. The first-order valence-electron chi connectivity index (χ1n) is 21.9. The summed E-state index contributed by atoms with van der Waals surface area (Å²) in [6.45, 7) is 0. The van der Waals surface area contributed by atoms with Gasteiger partial charge in [0, 0.05) is 39.7 Å². The fraction of sp³-hybridized carbons (Fsp3) is 0.179. The van der Waals surface area contributed by atoms with Crippen LogP contribution in [0.5, 0.6) is 0 Å². The number of rotatable bonds is 4. The highest BCUT2D eigenvalue weighted by Gasteiger charge is 2.61. The molecule has 4 heteroatoms. The van der Waals surface area contributed by atoms with Gasteiger partial charge in [-0.1, -0.05) is 97.1 Å². The van der Waals surface area contributed by atoms with E-state index in [0.29, 0.717) is 0 Å². The van der Waals surface area contributed by atoms with Crippen molar-refractivity contribution in [2.24, 2.45) is 23.7 Å². The van der Waals surface area contributed by atoms with Crippen LogP contribution in [0.25, 0.3) is 88.6 Å². The van der Waals surface area contributed by atoms with Gasteiger partial charge in [0.1, 0.15) is 0 Å². The molecule has 3 heterocycles. The molecule has 0 radical (unpaired) electrons. The van der Waals surface area contributed by atoms with Gasteiger partial charge in [-0.3, -0.25) is 14.1 Å². The lowest BCUT2D eigenvalue weighted by Crippen LogP contribution is -2.55. The van der Waals surface area contributed by atoms with E-state index in [4.69, 9.17) is 4.98 Å². The molecule has 4 bridgehead atoms. The Morgan fingerprint density at radius 1 is 0.467 bits per heavy atom. The van der Waals surface area contributed by atoms with Crippen LogP contribution in [0.15, 0.2) is 170 Å². The Bertz CT molecular complexity index is 3380. The number of hydrogen-bond acceptors (Lipinski definition) is 2. The van der Waals surface area contributed by atoms with Crippen LogP contribution in [-0.2, 0) is 5.41 Å². The van der Waals surface area contributed by atoms with Crippen LogP contribution < -0.4 is 0 Å². The zero-order valence-corrected chi connectivity index (χ0v) is 33.3. The Morgan fingerprint density at radius 3 is 2.07 bits per heavy atom. The van der Waals surface area contributed by atoms with Crippen LogP contribution in [0.2, 0.25) is 0 Å². The maximum atomic E-state index is 5.44. The molecule has 0 amide bonds. The van der Waals surface area contributed by atoms with E-state index >= 15 is 0 Å². The highest BCUT2D eigenvalue weighted by Crippen LogP contribution is 2.69. The Morgan fingerprint density at radius 2 is 1.18 bits per heavy atom. The van der Waals surface area contributed by atoms with Crippen molar-refractivity contribution in [2.45, 2.75) is 37.5 Å².